The van der Waals surface area contributed by atoms with Gasteiger partial charge >= 0.3 is 6.09 Å². The van der Waals surface area contributed by atoms with Gasteiger partial charge in [-0.15, -0.1) is 0 Å². The number of benzene rings is 1. The van der Waals surface area contributed by atoms with Crippen LogP contribution in [-0.4, -0.2) is 41.1 Å². The third-order valence-corrected chi connectivity index (χ3v) is 7.06. The molecule has 1 saturated carbocycles. The van der Waals surface area contributed by atoms with Gasteiger partial charge < -0.3 is 25.7 Å². The fraction of sp³-hybridized carbons (Fsp3) is 0.600. The van der Waals surface area contributed by atoms with Crippen LogP contribution in [0.15, 0.2) is 29.1 Å². The summed E-state index contributed by atoms with van der Waals surface area (Å²) in [7, 11) is 0. The Bertz CT molecular complexity index is 1190. The summed E-state index contributed by atoms with van der Waals surface area (Å²) in [6.45, 7) is 7.70. The molecule has 9 heteroatoms. The van der Waals surface area contributed by atoms with E-state index in [1.807, 2.05) is 13.0 Å². The molecule has 1 aromatic heterocycles. The van der Waals surface area contributed by atoms with Crippen molar-refractivity contribution in [2.45, 2.75) is 104 Å². The molecule has 39 heavy (non-hydrogen) atoms. The molecule has 1 aromatic carbocycles. The van der Waals surface area contributed by atoms with Crippen molar-refractivity contribution in [1.82, 2.24) is 15.6 Å². The molecule has 0 saturated heterocycles. The number of aryl methyl sites for hydroxylation is 1. The van der Waals surface area contributed by atoms with Crippen molar-refractivity contribution in [3.05, 3.63) is 40.2 Å². The Morgan fingerprint density at radius 2 is 1.82 bits per heavy atom. The molecule has 1 heterocycles. The maximum absolute atomic E-state index is 13.3. The molecular weight excluding hydrogens is 496 g/mol. The first kappa shape index (κ1) is 30.2. The van der Waals surface area contributed by atoms with E-state index in [1.54, 1.807) is 32.9 Å². The lowest BCUT2D eigenvalue weighted by Crippen LogP contribution is -2.44. The highest BCUT2D eigenvalue weighted by Gasteiger charge is 2.22. The van der Waals surface area contributed by atoms with Crippen LogP contribution in [0, 0.1) is 12.8 Å². The number of ether oxygens (including phenoxy) is 1. The molecule has 0 radical (unpaired) electrons. The van der Waals surface area contributed by atoms with E-state index in [4.69, 9.17) is 4.74 Å². The molecule has 1 unspecified atom stereocenters. The highest BCUT2D eigenvalue weighted by molar-refractivity contribution is 5.98. The molecule has 1 aliphatic rings. The summed E-state index contributed by atoms with van der Waals surface area (Å²) in [6.07, 6.45) is 8.54. The third kappa shape index (κ3) is 10.4. The van der Waals surface area contributed by atoms with Crippen LogP contribution < -0.4 is 21.5 Å². The Morgan fingerprint density at radius 1 is 1.08 bits per heavy atom. The number of alkyl carbamates (subject to hydrolysis) is 1. The predicted octanol–water partition coefficient (Wildman–Crippen LogP) is 5.32. The number of carbonyl (C=O) groups is 3. The number of H-pyrrole nitrogens is 1. The first-order chi connectivity index (χ1) is 18.5. The van der Waals surface area contributed by atoms with Gasteiger partial charge in [0.15, 0.2) is 0 Å². The largest absolute Gasteiger partial charge is 0.444 e. The Hall–Kier alpha value is -3.36. The molecule has 2 aromatic rings. The number of pyridine rings is 1. The quantitative estimate of drug-likeness (QED) is 0.287. The Labute approximate surface area is 230 Å². The van der Waals surface area contributed by atoms with Crippen LogP contribution in [0.4, 0.5) is 10.5 Å². The van der Waals surface area contributed by atoms with Crippen molar-refractivity contribution in [2.75, 3.05) is 11.9 Å². The normalized spacial score (nSPS) is 15.0. The maximum Gasteiger partial charge on any atom is 0.407 e. The van der Waals surface area contributed by atoms with Gasteiger partial charge in [-0.25, -0.2) is 4.79 Å². The molecule has 3 rings (SSSR count). The van der Waals surface area contributed by atoms with E-state index >= 15 is 0 Å². The van der Waals surface area contributed by atoms with Gasteiger partial charge in [0.2, 0.25) is 17.4 Å². The molecular formula is C30H44N4O5. The monoisotopic (exact) mass is 540 g/mol. The second kappa shape index (κ2) is 14.1. The van der Waals surface area contributed by atoms with Crippen LogP contribution in [0.25, 0.3) is 10.9 Å². The third-order valence-electron chi connectivity index (χ3n) is 7.06. The highest BCUT2D eigenvalue weighted by atomic mass is 16.6. The van der Waals surface area contributed by atoms with Crippen LogP contribution in [-0.2, 0) is 14.3 Å². The number of anilines is 1. The fourth-order valence-electron chi connectivity index (χ4n) is 5.07. The van der Waals surface area contributed by atoms with Gasteiger partial charge in [-0.1, -0.05) is 38.2 Å². The minimum Gasteiger partial charge on any atom is -0.444 e. The second-order valence-electron chi connectivity index (χ2n) is 11.7. The molecule has 3 amide bonds. The van der Waals surface area contributed by atoms with E-state index in [0.717, 1.165) is 17.4 Å². The molecule has 0 spiro atoms. The van der Waals surface area contributed by atoms with E-state index in [2.05, 4.69) is 20.9 Å². The van der Waals surface area contributed by atoms with Gasteiger partial charge in [-0.2, -0.15) is 0 Å². The standard InChI is InChI=1S/C30H44N4O5/c1-20-18-27(36)34-25-19-22(14-15-23(20)25)32-28(37)24(12-8-9-17-31-29(38)39-30(2,3)4)33-26(35)16-13-21-10-6-5-7-11-21/h14-15,18-19,21,24H,5-13,16-17H2,1-4H3,(H,31,38)(H,32,37)(H,33,35)(H,34,36). The number of nitrogens with one attached hydrogen (secondary N) is 4. The zero-order chi connectivity index (χ0) is 28.4. The average Bonchev–Trinajstić information content (AvgIpc) is 2.85. The van der Waals surface area contributed by atoms with Crippen LogP contribution in [0.3, 0.4) is 0 Å². The summed E-state index contributed by atoms with van der Waals surface area (Å²) >= 11 is 0. The van der Waals surface area contributed by atoms with Crippen molar-refractivity contribution in [1.29, 1.82) is 0 Å². The van der Waals surface area contributed by atoms with Crippen molar-refractivity contribution in [2.24, 2.45) is 5.92 Å². The van der Waals surface area contributed by atoms with Gasteiger partial charge in [0, 0.05) is 30.1 Å². The van der Waals surface area contributed by atoms with E-state index in [0.29, 0.717) is 49.4 Å². The first-order valence-electron chi connectivity index (χ1n) is 14.2. The number of aromatic nitrogens is 1. The maximum atomic E-state index is 13.3. The Kier molecular flexibility index (Phi) is 10.9. The van der Waals surface area contributed by atoms with Crippen molar-refractivity contribution >= 4 is 34.5 Å². The lowest BCUT2D eigenvalue weighted by atomic mass is 9.86. The number of hydrogen-bond acceptors (Lipinski definition) is 5. The summed E-state index contributed by atoms with van der Waals surface area (Å²) in [5.41, 5.74) is 1.27. The Balaban J connectivity index is 1.59. The minimum atomic E-state index is -0.711. The molecule has 214 valence electrons. The molecule has 4 N–H and O–H groups in total. The molecule has 0 bridgehead atoms. The van der Waals surface area contributed by atoms with Gasteiger partial charge in [0.05, 0.1) is 5.52 Å². The zero-order valence-electron chi connectivity index (χ0n) is 23.8. The van der Waals surface area contributed by atoms with Crippen LogP contribution in [0.2, 0.25) is 0 Å². The fourth-order valence-corrected chi connectivity index (χ4v) is 5.07. The van der Waals surface area contributed by atoms with Gasteiger partial charge in [0.1, 0.15) is 11.6 Å². The molecule has 1 fully saturated rings. The topological polar surface area (TPSA) is 129 Å². The number of aromatic amines is 1. The van der Waals surface area contributed by atoms with Gasteiger partial charge in [0.25, 0.3) is 0 Å². The number of hydrogen-bond donors (Lipinski definition) is 4. The van der Waals surface area contributed by atoms with E-state index < -0.39 is 17.7 Å². The van der Waals surface area contributed by atoms with Gasteiger partial charge in [-0.3, -0.25) is 14.4 Å². The summed E-state index contributed by atoms with van der Waals surface area (Å²) in [5, 5.41) is 9.47. The SMILES string of the molecule is Cc1cc(=O)[nH]c2cc(NC(=O)C(CCCCNC(=O)OC(C)(C)C)NC(=O)CCC3CCCCC3)ccc12. The van der Waals surface area contributed by atoms with Crippen molar-refractivity contribution < 1.29 is 19.1 Å². The number of fused-ring (bicyclic) bond motifs is 1. The van der Waals surface area contributed by atoms with E-state index in [-0.39, 0.29) is 17.4 Å². The molecule has 0 aliphatic heterocycles. The lowest BCUT2D eigenvalue weighted by Gasteiger charge is -2.22. The lowest BCUT2D eigenvalue weighted by molar-refractivity contribution is -0.126. The van der Waals surface area contributed by atoms with Crippen molar-refractivity contribution in [3.63, 3.8) is 0 Å². The highest BCUT2D eigenvalue weighted by Crippen LogP contribution is 2.27. The second-order valence-corrected chi connectivity index (χ2v) is 11.7. The summed E-state index contributed by atoms with van der Waals surface area (Å²) in [6, 6.07) is 6.21. The van der Waals surface area contributed by atoms with E-state index in [1.165, 1.54) is 38.2 Å². The summed E-state index contributed by atoms with van der Waals surface area (Å²) in [5.74, 6) is 0.153. The molecule has 1 aliphatic carbocycles. The smallest absolute Gasteiger partial charge is 0.407 e. The number of rotatable bonds is 11. The zero-order valence-corrected chi connectivity index (χ0v) is 23.8. The number of carbonyl (C=O) groups excluding carboxylic acids is 3. The average molecular weight is 541 g/mol. The number of amides is 3. The minimum absolute atomic E-state index is 0.119. The van der Waals surface area contributed by atoms with Crippen LogP contribution in [0.1, 0.15) is 90.5 Å². The van der Waals surface area contributed by atoms with Crippen LogP contribution >= 0.6 is 0 Å². The molecule has 9 nitrogen and oxygen atoms in total. The van der Waals surface area contributed by atoms with Gasteiger partial charge in [-0.05, 0) is 77.0 Å². The predicted molar refractivity (Wildman–Crippen MR) is 154 cm³/mol. The number of unbranched alkanes of at least 4 members (excludes halogenated alkanes) is 1. The summed E-state index contributed by atoms with van der Waals surface area (Å²) in [4.78, 5) is 52.7. The van der Waals surface area contributed by atoms with Crippen molar-refractivity contribution in [3.8, 4) is 0 Å². The summed E-state index contributed by atoms with van der Waals surface area (Å²) < 4.78 is 5.25. The Morgan fingerprint density at radius 3 is 2.54 bits per heavy atom. The first-order valence-corrected chi connectivity index (χ1v) is 14.2. The molecule has 1 atom stereocenters. The van der Waals surface area contributed by atoms with Crippen LogP contribution in [0.5, 0.6) is 0 Å². The van der Waals surface area contributed by atoms with E-state index in [9.17, 15) is 19.2 Å².